The zero-order valence-electron chi connectivity index (χ0n) is 17.4. The number of hydrogen-bond acceptors (Lipinski definition) is 4. The van der Waals surface area contributed by atoms with Gasteiger partial charge in [-0.25, -0.2) is 0 Å². The molecule has 6 heteroatoms. The Morgan fingerprint density at radius 1 is 1.03 bits per heavy atom. The van der Waals surface area contributed by atoms with E-state index in [4.69, 9.17) is 9.47 Å². The summed E-state index contributed by atoms with van der Waals surface area (Å²) in [5.41, 5.74) is 0.992. The fraction of sp³-hybridized carbons (Fsp3) is 0.391. The van der Waals surface area contributed by atoms with Gasteiger partial charge in [-0.3, -0.25) is 9.59 Å². The summed E-state index contributed by atoms with van der Waals surface area (Å²) in [5, 5.41) is 2.80. The summed E-state index contributed by atoms with van der Waals surface area (Å²) in [5.74, 6) is 1.29. The number of benzene rings is 2. The van der Waals surface area contributed by atoms with Crippen molar-refractivity contribution in [3.63, 3.8) is 0 Å². The monoisotopic (exact) mass is 398 g/mol. The van der Waals surface area contributed by atoms with Gasteiger partial charge in [0.25, 0.3) is 0 Å². The molecule has 2 aromatic carbocycles. The van der Waals surface area contributed by atoms with Gasteiger partial charge in [-0.2, -0.15) is 0 Å². The molecule has 2 rings (SSSR count). The van der Waals surface area contributed by atoms with Crippen LogP contribution in [0.15, 0.2) is 54.6 Å². The Kier molecular flexibility index (Phi) is 9.02. The lowest BCUT2D eigenvalue weighted by Crippen LogP contribution is -2.47. The highest BCUT2D eigenvalue weighted by atomic mass is 16.5. The Balaban J connectivity index is 1.92. The first-order valence-electron chi connectivity index (χ1n) is 9.93. The molecule has 0 bridgehead atoms. The molecule has 2 amide bonds. The zero-order chi connectivity index (χ0) is 21.1. The highest BCUT2D eigenvalue weighted by Gasteiger charge is 2.25. The third-order valence-corrected chi connectivity index (χ3v) is 4.58. The fourth-order valence-corrected chi connectivity index (χ4v) is 2.91. The number of likely N-dealkylation sites (N-methyl/N-ethyl adjacent to an activating group) is 1. The van der Waals surface area contributed by atoms with Crippen molar-refractivity contribution in [1.82, 2.24) is 10.2 Å². The molecule has 6 nitrogen and oxygen atoms in total. The topological polar surface area (TPSA) is 67.9 Å². The quantitative estimate of drug-likeness (QED) is 0.589. The van der Waals surface area contributed by atoms with Crippen molar-refractivity contribution in [3.05, 3.63) is 60.2 Å². The first kappa shape index (κ1) is 22.3. The second-order valence-electron chi connectivity index (χ2n) is 6.71. The highest BCUT2D eigenvalue weighted by Crippen LogP contribution is 2.17. The van der Waals surface area contributed by atoms with Gasteiger partial charge in [0.05, 0.1) is 13.7 Å². The Morgan fingerprint density at radius 2 is 1.69 bits per heavy atom. The first-order chi connectivity index (χ1) is 14.0. The lowest BCUT2D eigenvalue weighted by atomic mass is 10.1. The summed E-state index contributed by atoms with van der Waals surface area (Å²) in [6, 6.07) is 16.5. The van der Waals surface area contributed by atoms with Crippen molar-refractivity contribution in [2.75, 3.05) is 20.3 Å². The van der Waals surface area contributed by atoms with Crippen LogP contribution in [0.1, 0.15) is 32.3 Å². The molecule has 0 heterocycles. The molecule has 0 aliphatic carbocycles. The van der Waals surface area contributed by atoms with E-state index in [9.17, 15) is 9.59 Å². The SMILES string of the molecule is CCNC(=O)C(C)N(Cc1ccccc1)C(=O)CCCOc1ccc(OC)cc1. The van der Waals surface area contributed by atoms with Gasteiger partial charge >= 0.3 is 0 Å². The van der Waals surface area contributed by atoms with Crippen molar-refractivity contribution >= 4 is 11.8 Å². The van der Waals surface area contributed by atoms with Crippen molar-refractivity contribution in [2.45, 2.75) is 39.3 Å². The molecule has 0 radical (unpaired) electrons. The van der Waals surface area contributed by atoms with Crippen molar-refractivity contribution in [3.8, 4) is 11.5 Å². The number of amides is 2. The summed E-state index contributed by atoms with van der Waals surface area (Å²) < 4.78 is 10.8. The second-order valence-corrected chi connectivity index (χ2v) is 6.71. The molecule has 156 valence electrons. The van der Waals surface area contributed by atoms with Gasteiger partial charge in [0.1, 0.15) is 17.5 Å². The minimum atomic E-state index is -0.537. The third kappa shape index (κ3) is 7.14. The van der Waals surface area contributed by atoms with Crippen molar-refractivity contribution in [2.24, 2.45) is 0 Å². The summed E-state index contributed by atoms with van der Waals surface area (Å²) in [4.78, 5) is 26.8. The Morgan fingerprint density at radius 3 is 2.31 bits per heavy atom. The van der Waals surface area contributed by atoms with E-state index in [0.29, 0.717) is 32.5 Å². The van der Waals surface area contributed by atoms with Crippen LogP contribution in [0.25, 0.3) is 0 Å². The summed E-state index contributed by atoms with van der Waals surface area (Å²) in [6.07, 6.45) is 0.880. The average molecular weight is 399 g/mol. The Hall–Kier alpha value is -3.02. The van der Waals surface area contributed by atoms with Crippen LogP contribution in [-0.4, -0.2) is 43.0 Å². The van der Waals surface area contributed by atoms with Crippen LogP contribution < -0.4 is 14.8 Å². The molecule has 0 spiro atoms. The highest BCUT2D eigenvalue weighted by molar-refractivity contribution is 5.87. The van der Waals surface area contributed by atoms with E-state index in [0.717, 1.165) is 17.1 Å². The molecule has 1 atom stereocenters. The molecule has 0 aromatic heterocycles. The summed E-state index contributed by atoms with van der Waals surface area (Å²) in [7, 11) is 1.62. The lowest BCUT2D eigenvalue weighted by molar-refractivity contribution is -0.140. The maximum absolute atomic E-state index is 12.9. The van der Waals surface area contributed by atoms with E-state index in [1.54, 1.807) is 18.9 Å². The molecule has 0 aliphatic heterocycles. The molecule has 1 unspecified atom stereocenters. The maximum atomic E-state index is 12.9. The summed E-state index contributed by atoms with van der Waals surface area (Å²) in [6.45, 7) is 4.99. The van der Waals surface area contributed by atoms with E-state index in [2.05, 4.69) is 5.32 Å². The Bertz CT molecular complexity index is 762. The molecule has 0 fully saturated rings. The normalized spacial score (nSPS) is 11.4. The van der Waals surface area contributed by atoms with E-state index in [-0.39, 0.29) is 11.8 Å². The number of carbonyl (C=O) groups excluding carboxylic acids is 2. The lowest BCUT2D eigenvalue weighted by Gasteiger charge is -2.28. The van der Waals surface area contributed by atoms with E-state index in [1.165, 1.54) is 0 Å². The van der Waals surface area contributed by atoms with Crippen LogP contribution >= 0.6 is 0 Å². The van der Waals surface area contributed by atoms with Crippen LogP contribution in [0.2, 0.25) is 0 Å². The van der Waals surface area contributed by atoms with Crippen LogP contribution in [0.3, 0.4) is 0 Å². The maximum Gasteiger partial charge on any atom is 0.242 e. The number of hydrogen-bond donors (Lipinski definition) is 1. The van der Waals surface area contributed by atoms with Gasteiger partial charge < -0.3 is 19.7 Å². The molecule has 2 aromatic rings. The number of nitrogens with zero attached hydrogens (tertiary/aromatic N) is 1. The molecular formula is C23H30N2O4. The number of methoxy groups -OCH3 is 1. The molecule has 1 N–H and O–H groups in total. The van der Waals surface area contributed by atoms with Gasteiger partial charge in [-0.05, 0) is 50.1 Å². The van der Waals surface area contributed by atoms with Crippen LogP contribution in [0.4, 0.5) is 0 Å². The fourth-order valence-electron chi connectivity index (χ4n) is 2.91. The van der Waals surface area contributed by atoms with Gasteiger partial charge in [0, 0.05) is 19.5 Å². The number of rotatable bonds is 11. The van der Waals surface area contributed by atoms with Crippen LogP contribution in [0, 0.1) is 0 Å². The van der Waals surface area contributed by atoms with E-state index < -0.39 is 6.04 Å². The average Bonchev–Trinajstić information content (AvgIpc) is 2.75. The number of carbonyl (C=O) groups is 2. The minimum absolute atomic E-state index is 0.0639. The van der Waals surface area contributed by atoms with Crippen molar-refractivity contribution in [1.29, 1.82) is 0 Å². The van der Waals surface area contributed by atoms with Gasteiger partial charge in [-0.1, -0.05) is 30.3 Å². The second kappa shape index (κ2) is 11.7. The largest absolute Gasteiger partial charge is 0.497 e. The molecule has 0 aliphatic rings. The predicted molar refractivity (Wildman–Crippen MR) is 113 cm³/mol. The van der Waals surface area contributed by atoms with Gasteiger partial charge in [0.15, 0.2) is 0 Å². The van der Waals surface area contributed by atoms with Gasteiger partial charge in [0.2, 0.25) is 11.8 Å². The summed E-state index contributed by atoms with van der Waals surface area (Å²) >= 11 is 0. The van der Waals surface area contributed by atoms with Crippen LogP contribution in [0.5, 0.6) is 11.5 Å². The number of ether oxygens (including phenoxy) is 2. The minimum Gasteiger partial charge on any atom is -0.497 e. The predicted octanol–water partition coefficient (Wildman–Crippen LogP) is 3.41. The van der Waals surface area contributed by atoms with E-state index >= 15 is 0 Å². The standard InChI is InChI=1S/C23H30N2O4/c1-4-24-23(27)18(2)25(17-19-9-6-5-7-10-19)22(26)11-8-16-29-21-14-12-20(28-3)13-15-21/h5-7,9-10,12-15,18H,4,8,11,16-17H2,1-3H3,(H,24,27). The van der Waals surface area contributed by atoms with Gasteiger partial charge in [-0.15, -0.1) is 0 Å². The first-order valence-corrected chi connectivity index (χ1v) is 9.93. The smallest absolute Gasteiger partial charge is 0.242 e. The number of nitrogens with one attached hydrogen (secondary N) is 1. The zero-order valence-corrected chi connectivity index (χ0v) is 17.4. The van der Waals surface area contributed by atoms with Crippen molar-refractivity contribution < 1.29 is 19.1 Å². The molecule has 0 saturated heterocycles. The van der Waals surface area contributed by atoms with E-state index in [1.807, 2.05) is 61.5 Å². The third-order valence-electron chi connectivity index (χ3n) is 4.58. The van der Waals surface area contributed by atoms with Crippen LogP contribution in [-0.2, 0) is 16.1 Å². The molecular weight excluding hydrogens is 368 g/mol. The Labute approximate surface area is 172 Å². The molecule has 29 heavy (non-hydrogen) atoms. The molecule has 0 saturated carbocycles.